The lowest BCUT2D eigenvalue weighted by atomic mass is 10.0. The van der Waals surface area contributed by atoms with Crippen LogP contribution in [0.15, 0.2) is 48.9 Å². The van der Waals surface area contributed by atoms with E-state index >= 15 is 0 Å². The van der Waals surface area contributed by atoms with Crippen molar-refractivity contribution in [3.05, 3.63) is 54.5 Å². The Hall–Kier alpha value is -3.87. The molecule has 1 aromatic carbocycles. The van der Waals surface area contributed by atoms with Crippen molar-refractivity contribution in [2.24, 2.45) is 0 Å². The van der Waals surface area contributed by atoms with Crippen molar-refractivity contribution in [1.82, 2.24) is 15.0 Å². The first-order valence-corrected chi connectivity index (χ1v) is 7.29. The first kappa shape index (κ1) is 19.5. The molecular formula is C17H12F3N5O2. The first-order valence-electron chi connectivity index (χ1n) is 7.29. The number of aliphatic carboxylic acids is 1. The van der Waals surface area contributed by atoms with Gasteiger partial charge in [-0.3, -0.25) is 0 Å². The summed E-state index contributed by atoms with van der Waals surface area (Å²) >= 11 is 0. The van der Waals surface area contributed by atoms with Gasteiger partial charge in [-0.15, -0.1) is 0 Å². The van der Waals surface area contributed by atoms with Gasteiger partial charge in [0.25, 0.3) is 0 Å². The third kappa shape index (κ3) is 4.82. The topological polar surface area (TPSA) is 129 Å². The van der Waals surface area contributed by atoms with Crippen molar-refractivity contribution in [2.75, 3.05) is 5.73 Å². The number of carboxylic acids is 1. The number of nitrogens with one attached hydrogen (secondary N) is 1. The van der Waals surface area contributed by atoms with E-state index in [1.54, 1.807) is 12.5 Å². The number of nitrogens with two attached hydrogens (primary N) is 1. The molecule has 10 heteroatoms. The maximum absolute atomic E-state index is 10.6. The predicted octanol–water partition coefficient (Wildman–Crippen LogP) is 3.23. The summed E-state index contributed by atoms with van der Waals surface area (Å²) in [5.41, 5.74) is 9.39. The van der Waals surface area contributed by atoms with Crippen molar-refractivity contribution in [1.29, 1.82) is 5.26 Å². The van der Waals surface area contributed by atoms with Gasteiger partial charge in [-0.1, -0.05) is 30.3 Å². The molecule has 7 nitrogen and oxygen atoms in total. The molecule has 0 amide bonds. The molecule has 0 bridgehead atoms. The quantitative estimate of drug-likeness (QED) is 0.631. The molecule has 0 fully saturated rings. The molecule has 2 aromatic heterocycles. The SMILES string of the molecule is N#Cc1c(-c2cnc[nH]2)cc(-c2ccccc2)nc1N.O=C(O)C(F)(F)F. The van der Waals surface area contributed by atoms with Gasteiger partial charge in [0.2, 0.25) is 0 Å². The summed E-state index contributed by atoms with van der Waals surface area (Å²) in [7, 11) is 0. The van der Waals surface area contributed by atoms with Gasteiger partial charge in [0.15, 0.2) is 0 Å². The molecule has 0 unspecified atom stereocenters. The Morgan fingerprint density at radius 3 is 2.37 bits per heavy atom. The van der Waals surface area contributed by atoms with Crippen LogP contribution in [0, 0.1) is 11.3 Å². The highest BCUT2D eigenvalue weighted by molar-refractivity contribution is 5.78. The molecule has 4 N–H and O–H groups in total. The van der Waals surface area contributed by atoms with Gasteiger partial charge in [-0.05, 0) is 6.07 Å². The maximum Gasteiger partial charge on any atom is 0.490 e. The van der Waals surface area contributed by atoms with Crippen molar-refractivity contribution in [3.8, 4) is 28.6 Å². The maximum atomic E-state index is 10.6. The minimum atomic E-state index is -5.08. The van der Waals surface area contributed by atoms with Crippen LogP contribution in [0.4, 0.5) is 19.0 Å². The number of H-pyrrole nitrogens is 1. The third-order valence-corrected chi connectivity index (χ3v) is 3.26. The number of aromatic nitrogens is 3. The average molecular weight is 375 g/mol. The summed E-state index contributed by atoms with van der Waals surface area (Å²) < 4.78 is 31.7. The Kier molecular flexibility index (Phi) is 5.77. The van der Waals surface area contributed by atoms with Crippen LogP contribution in [0.1, 0.15) is 5.56 Å². The molecule has 0 aliphatic carbocycles. The van der Waals surface area contributed by atoms with E-state index < -0.39 is 12.1 Å². The van der Waals surface area contributed by atoms with Crippen LogP contribution in [0.3, 0.4) is 0 Å². The van der Waals surface area contributed by atoms with E-state index in [9.17, 15) is 18.4 Å². The van der Waals surface area contributed by atoms with Gasteiger partial charge in [-0.25, -0.2) is 14.8 Å². The smallest absolute Gasteiger partial charge is 0.475 e. The number of carbonyl (C=O) groups is 1. The summed E-state index contributed by atoms with van der Waals surface area (Å²) in [6.45, 7) is 0. The second-order valence-electron chi connectivity index (χ2n) is 5.06. The largest absolute Gasteiger partial charge is 0.490 e. The fourth-order valence-electron chi connectivity index (χ4n) is 2.05. The zero-order chi connectivity index (χ0) is 20.0. The van der Waals surface area contributed by atoms with Crippen LogP contribution in [0.25, 0.3) is 22.5 Å². The minimum Gasteiger partial charge on any atom is -0.475 e. The Morgan fingerprint density at radius 2 is 1.89 bits per heavy atom. The van der Waals surface area contributed by atoms with E-state index in [2.05, 4.69) is 21.0 Å². The molecule has 0 spiro atoms. The average Bonchev–Trinajstić information content (AvgIpc) is 3.16. The van der Waals surface area contributed by atoms with E-state index in [-0.39, 0.29) is 5.82 Å². The Bertz CT molecular complexity index is 965. The van der Waals surface area contributed by atoms with E-state index in [1.807, 2.05) is 36.4 Å². The van der Waals surface area contributed by atoms with E-state index in [1.165, 1.54) is 0 Å². The van der Waals surface area contributed by atoms with Crippen LogP contribution in [-0.4, -0.2) is 32.2 Å². The lowest BCUT2D eigenvalue weighted by molar-refractivity contribution is -0.192. The Balaban J connectivity index is 0.000000321. The number of hydrogen-bond acceptors (Lipinski definition) is 5. The standard InChI is InChI=1S/C15H11N5.C2HF3O2/c16-7-12-11(14-8-18-9-19-14)6-13(20-15(12)17)10-4-2-1-3-5-10;3-2(4,5)1(6)7/h1-6,8-9H,(H2,17,20)(H,18,19);(H,6,7). The van der Waals surface area contributed by atoms with Crippen LogP contribution in [0.2, 0.25) is 0 Å². The first-order chi connectivity index (χ1) is 12.7. The van der Waals surface area contributed by atoms with Crippen LogP contribution in [-0.2, 0) is 4.79 Å². The van der Waals surface area contributed by atoms with Gasteiger partial charge < -0.3 is 15.8 Å². The lowest BCUT2D eigenvalue weighted by Crippen LogP contribution is -2.21. The molecule has 138 valence electrons. The molecule has 0 aliphatic heterocycles. The van der Waals surface area contributed by atoms with E-state index in [4.69, 9.17) is 15.6 Å². The number of hydrogen-bond donors (Lipinski definition) is 3. The fourth-order valence-corrected chi connectivity index (χ4v) is 2.05. The van der Waals surface area contributed by atoms with Crippen LogP contribution in [0.5, 0.6) is 0 Å². The highest BCUT2D eigenvalue weighted by Gasteiger charge is 2.38. The summed E-state index contributed by atoms with van der Waals surface area (Å²) in [6, 6.07) is 13.6. The number of nitriles is 1. The number of nitrogens with zero attached hydrogens (tertiary/aromatic N) is 3. The number of rotatable bonds is 2. The Labute approximate surface area is 150 Å². The van der Waals surface area contributed by atoms with Crippen molar-refractivity contribution >= 4 is 11.8 Å². The number of carboxylic acid groups (broad SMARTS) is 1. The number of halogens is 3. The predicted molar refractivity (Wildman–Crippen MR) is 90.1 cm³/mol. The number of imidazole rings is 1. The summed E-state index contributed by atoms with van der Waals surface area (Å²) in [6.07, 6.45) is -1.86. The zero-order valence-electron chi connectivity index (χ0n) is 13.5. The van der Waals surface area contributed by atoms with Gasteiger partial charge in [0.1, 0.15) is 17.5 Å². The monoisotopic (exact) mass is 375 g/mol. The van der Waals surface area contributed by atoms with E-state index in [0.717, 1.165) is 17.0 Å². The molecule has 2 heterocycles. The number of pyridine rings is 1. The molecule has 3 rings (SSSR count). The highest BCUT2D eigenvalue weighted by atomic mass is 19.4. The lowest BCUT2D eigenvalue weighted by Gasteiger charge is -2.08. The number of anilines is 1. The van der Waals surface area contributed by atoms with Gasteiger partial charge >= 0.3 is 12.1 Å². The Morgan fingerprint density at radius 1 is 1.26 bits per heavy atom. The second kappa shape index (κ2) is 8.01. The molecule has 0 radical (unpaired) electrons. The van der Waals surface area contributed by atoms with Gasteiger partial charge in [-0.2, -0.15) is 18.4 Å². The minimum absolute atomic E-state index is 0.221. The highest BCUT2D eigenvalue weighted by Crippen LogP contribution is 2.29. The van der Waals surface area contributed by atoms with Crippen molar-refractivity contribution < 1.29 is 23.1 Å². The van der Waals surface area contributed by atoms with Gasteiger partial charge in [0, 0.05) is 11.1 Å². The molecular weight excluding hydrogens is 363 g/mol. The zero-order valence-corrected chi connectivity index (χ0v) is 13.5. The van der Waals surface area contributed by atoms with Crippen LogP contribution < -0.4 is 5.73 Å². The molecule has 0 atom stereocenters. The second-order valence-corrected chi connectivity index (χ2v) is 5.06. The fraction of sp³-hybridized carbons (Fsp3) is 0.0588. The molecule has 27 heavy (non-hydrogen) atoms. The van der Waals surface area contributed by atoms with Crippen LogP contribution >= 0.6 is 0 Å². The number of nitrogen functional groups attached to an aromatic ring is 1. The molecule has 3 aromatic rings. The number of aromatic amines is 1. The molecule has 0 aliphatic rings. The summed E-state index contributed by atoms with van der Waals surface area (Å²) in [5, 5.41) is 16.4. The van der Waals surface area contributed by atoms with Crippen molar-refractivity contribution in [2.45, 2.75) is 6.18 Å². The van der Waals surface area contributed by atoms with E-state index in [0.29, 0.717) is 11.1 Å². The normalized spacial score (nSPS) is 10.4. The third-order valence-electron chi connectivity index (χ3n) is 3.26. The molecule has 0 saturated heterocycles. The molecule has 0 saturated carbocycles. The summed E-state index contributed by atoms with van der Waals surface area (Å²) in [5.74, 6) is -2.54. The van der Waals surface area contributed by atoms with Crippen molar-refractivity contribution in [3.63, 3.8) is 0 Å². The number of benzene rings is 1. The number of alkyl halides is 3. The van der Waals surface area contributed by atoms with Gasteiger partial charge in [0.05, 0.1) is 23.9 Å². The summed E-state index contributed by atoms with van der Waals surface area (Å²) in [4.78, 5) is 20.2.